The maximum Gasteiger partial charge on any atom is 0.205 e. The number of hydrogen-bond donors (Lipinski definition) is 1. The van der Waals surface area contributed by atoms with E-state index < -0.39 is 5.92 Å². The topological polar surface area (TPSA) is 76.1 Å². The van der Waals surface area contributed by atoms with E-state index in [0.29, 0.717) is 46.2 Å². The minimum absolute atomic E-state index is 0.0250. The fourth-order valence-corrected chi connectivity index (χ4v) is 3.33. The molecule has 0 unspecified atom stereocenters. The van der Waals surface area contributed by atoms with Crippen molar-refractivity contribution in [2.24, 2.45) is 5.73 Å². The zero-order valence-electron chi connectivity index (χ0n) is 11.5. The molecule has 3 rings (SSSR count). The van der Waals surface area contributed by atoms with E-state index in [2.05, 4.69) is 0 Å². The molecule has 0 amide bonds. The molecular weight excluding hydrogens is 323 g/mol. The van der Waals surface area contributed by atoms with Gasteiger partial charge in [0.1, 0.15) is 17.4 Å². The second kappa shape index (κ2) is 5.68. The van der Waals surface area contributed by atoms with Crippen LogP contribution in [0.2, 0.25) is 10.0 Å². The molecule has 6 heteroatoms. The molecule has 0 bridgehead atoms. The van der Waals surface area contributed by atoms with Crippen LogP contribution in [0, 0.1) is 11.3 Å². The van der Waals surface area contributed by atoms with Crippen molar-refractivity contribution in [1.29, 1.82) is 5.26 Å². The molecule has 22 heavy (non-hydrogen) atoms. The highest BCUT2D eigenvalue weighted by molar-refractivity contribution is 6.42. The van der Waals surface area contributed by atoms with Crippen molar-refractivity contribution >= 4 is 29.0 Å². The molecule has 0 fully saturated rings. The summed E-state index contributed by atoms with van der Waals surface area (Å²) in [4.78, 5) is 12.4. The lowest BCUT2D eigenvalue weighted by atomic mass is 9.77. The smallest absolute Gasteiger partial charge is 0.205 e. The zero-order valence-corrected chi connectivity index (χ0v) is 13.0. The molecule has 0 aromatic heterocycles. The highest BCUT2D eigenvalue weighted by Gasteiger charge is 2.38. The van der Waals surface area contributed by atoms with Gasteiger partial charge < -0.3 is 10.5 Å². The van der Waals surface area contributed by atoms with Gasteiger partial charge in [-0.25, -0.2) is 0 Å². The first-order valence-corrected chi connectivity index (χ1v) is 7.58. The van der Waals surface area contributed by atoms with Gasteiger partial charge in [0.05, 0.1) is 16.0 Å². The molecule has 2 N–H and O–H groups in total. The van der Waals surface area contributed by atoms with E-state index in [1.165, 1.54) is 0 Å². The zero-order chi connectivity index (χ0) is 15.9. The van der Waals surface area contributed by atoms with E-state index in [1.807, 2.05) is 6.07 Å². The minimum Gasteiger partial charge on any atom is -0.444 e. The van der Waals surface area contributed by atoms with Crippen LogP contribution in [-0.2, 0) is 9.53 Å². The number of ether oxygens (including phenoxy) is 1. The number of nitriles is 1. The molecule has 1 aromatic carbocycles. The SMILES string of the molecule is N#CC1=C(N)OC2=C(C(=O)CCC2)[C@H]1c1cccc(Cl)c1Cl. The molecule has 4 nitrogen and oxygen atoms in total. The predicted octanol–water partition coefficient (Wildman–Crippen LogP) is 3.81. The van der Waals surface area contributed by atoms with Crippen LogP contribution >= 0.6 is 23.2 Å². The summed E-state index contributed by atoms with van der Waals surface area (Å²) in [5, 5.41) is 10.1. The summed E-state index contributed by atoms with van der Waals surface area (Å²) in [7, 11) is 0. The molecule has 1 heterocycles. The summed E-state index contributed by atoms with van der Waals surface area (Å²) >= 11 is 12.4. The summed E-state index contributed by atoms with van der Waals surface area (Å²) in [6, 6.07) is 7.19. The maximum absolute atomic E-state index is 12.4. The van der Waals surface area contributed by atoms with Gasteiger partial charge in [-0.2, -0.15) is 5.26 Å². The van der Waals surface area contributed by atoms with Gasteiger partial charge in [-0.1, -0.05) is 35.3 Å². The number of allylic oxidation sites excluding steroid dienone is 3. The van der Waals surface area contributed by atoms with Crippen molar-refractivity contribution in [3.05, 3.63) is 56.6 Å². The number of carbonyl (C=O) groups excluding carboxylic acids is 1. The Bertz CT molecular complexity index is 775. The first-order valence-electron chi connectivity index (χ1n) is 6.82. The van der Waals surface area contributed by atoms with Crippen LogP contribution in [0.1, 0.15) is 30.7 Å². The number of benzene rings is 1. The van der Waals surface area contributed by atoms with Gasteiger partial charge >= 0.3 is 0 Å². The first kappa shape index (κ1) is 15.0. The summed E-state index contributed by atoms with van der Waals surface area (Å²) in [5.74, 6) is -0.0962. The number of halogens is 2. The molecule has 0 saturated heterocycles. The van der Waals surface area contributed by atoms with Crippen LogP contribution in [0.4, 0.5) is 0 Å². The monoisotopic (exact) mass is 334 g/mol. The van der Waals surface area contributed by atoms with Gasteiger partial charge in [-0.05, 0) is 18.1 Å². The number of carbonyl (C=O) groups is 1. The van der Waals surface area contributed by atoms with Gasteiger partial charge in [0.25, 0.3) is 0 Å². The lowest BCUT2D eigenvalue weighted by Gasteiger charge is -2.31. The quantitative estimate of drug-likeness (QED) is 0.847. The van der Waals surface area contributed by atoms with E-state index in [4.69, 9.17) is 33.7 Å². The molecule has 2 aliphatic rings. The third-order valence-electron chi connectivity index (χ3n) is 3.90. The van der Waals surface area contributed by atoms with Crippen LogP contribution in [0.3, 0.4) is 0 Å². The first-order chi connectivity index (χ1) is 10.5. The molecular formula is C16H12Cl2N2O2. The van der Waals surface area contributed by atoms with E-state index in [0.717, 1.165) is 0 Å². The second-order valence-corrected chi connectivity index (χ2v) is 5.97. The lowest BCUT2D eigenvalue weighted by molar-refractivity contribution is -0.116. The van der Waals surface area contributed by atoms with Crippen LogP contribution < -0.4 is 5.73 Å². The Morgan fingerprint density at radius 1 is 1.32 bits per heavy atom. The average Bonchev–Trinajstić information content (AvgIpc) is 2.49. The van der Waals surface area contributed by atoms with Crippen molar-refractivity contribution in [2.45, 2.75) is 25.2 Å². The fraction of sp³-hybridized carbons (Fsp3) is 0.250. The summed E-state index contributed by atoms with van der Waals surface area (Å²) in [5.41, 5.74) is 7.13. The summed E-state index contributed by atoms with van der Waals surface area (Å²) < 4.78 is 5.50. The van der Waals surface area contributed by atoms with Gasteiger partial charge in [0, 0.05) is 18.4 Å². The number of nitrogens with zero attached hydrogens (tertiary/aromatic N) is 1. The van der Waals surface area contributed by atoms with Crippen LogP contribution in [0.25, 0.3) is 0 Å². The number of rotatable bonds is 1. The highest BCUT2D eigenvalue weighted by atomic mass is 35.5. The minimum atomic E-state index is -0.618. The fourth-order valence-electron chi connectivity index (χ4n) is 2.91. The van der Waals surface area contributed by atoms with Crippen LogP contribution in [-0.4, -0.2) is 5.78 Å². The third-order valence-corrected chi connectivity index (χ3v) is 4.73. The average molecular weight is 335 g/mol. The molecule has 0 radical (unpaired) electrons. The molecule has 1 aliphatic carbocycles. The van der Waals surface area contributed by atoms with Gasteiger partial charge in [0.15, 0.2) is 5.78 Å². The molecule has 0 spiro atoms. The molecule has 112 valence electrons. The molecule has 1 aliphatic heterocycles. The van der Waals surface area contributed by atoms with E-state index in [9.17, 15) is 10.1 Å². The Balaban J connectivity index is 2.25. The highest BCUT2D eigenvalue weighted by Crippen LogP contribution is 2.46. The Labute approximate surface area is 137 Å². The Hall–Kier alpha value is -1.96. The Morgan fingerprint density at radius 3 is 2.82 bits per heavy atom. The van der Waals surface area contributed by atoms with Gasteiger partial charge in [0.2, 0.25) is 5.88 Å². The van der Waals surface area contributed by atoms with E-state index >= 15 is 0 Å². The molecule has 1 aromatic rings. The van der Waals surface area contributed by atoms with Gasteiger partial charge in [-0.3, -0.25) is 4.79 Å². The number of hydrogen-bond acceptors (Lipinski definition) is 4. The Kier molecular flexibility index (Phi) is 3.86. The number of nitrogens with two attached hydrogens (primary N) is 1. The molecule has 1 atom stereocenters. The van der Waals surface area contributed by atoms with Crippen LogP contribution in [0.15, 0.2) is 41.0 Å². The predicted molar refractivity (Wildman–Crippen MR) is 83.0 cm³/mol. The number of Topliss-reactive ketones (excluding diaryl/α,β-unsaturated/α-hetero) is 1. The third kappa shape index (κ3) is 2.27. The number of ketones is 1. The van der Waals surface area contributed by atoms with Crippen molar-refractivity contribution in [3.8, 4) is 6.07 Å². The summed E-state index contributed by atoms with van der Waals surface area (Å²) in [6.45, 7) is 0. The normalized spacial score (nSPS) is 21.3. The van der Waals surface area contributed by atoms with E-state index in [1.54, 1.807) is 18.2 Å². The van der Waals surface area contributed by atoms with Crippen molar-refractivity contribution in [1.82, 2.24) is 0 Å². The van der Waals surface area contributed by atoms with Crippen molar-refractivity contribution in [2.75, 3.05) is 0 Å². The van der Waals surface area contributed by atoms with Crippen molar-refractivity contribution in [3.63, 3.8) is 0 Å². The van der Waals surface area contributed by atoms with Crippen LogP contribution in [0.5, 0.6) is 0 Å². The van der Waals surface area contributed by atoms with Crippen molar-refractivity contribution < 1.29 is 9.53 Å². The van der Waals surface area contributed by atoms with Gasteiger partial charge in [-0.15, -0.1) is 0 Å². The maximum atomic E-state index is 12.4. The second-order valence-electron chi connectivity index (χ2n) is 5.18. The standard InChI is InChI=1S/C16H12Cl2N2O2/c17-10-4-1-3-8(15(10)18)13-9(7-19)16(20)22-12-6-2-5-11(21)14(12)13/h1,3-4,13H,2,5-6,20H2/t13-/m0/s1. The van der Waals surface area contributed by atoms with E-state index in [-0.39, 0.29) is 17.2 Å². The largest absolute Gasteiger partial charge is 0.444 e. The lowest BCUT2D eigenvalue weighted by Crippen LogP contribution is -2.27. The Morgan fingerprint density at radius 2 is 2.09 bits per heavy atom. The molecule has 0 saturated carbocycles. The summed E-state index contributed by atoms with van der Waals surface area (Å²) in [6.07, 6.45) is 1.76.